The molecular formula is C10H14BrN3O. The number of hydrogen-bond donors (Lipinski definition) is 1. The van der Waals surface area contributed by atoms with Crippen LogP contribution < -0.4 is 0 Å². The smallest absolute Gasteiger partial charge is 0.274 e. The summed E-state index contributed by atoms with van der Waals surface area (Å²) in [5.74, 6) is 0.0316. The third-order valence-electron chi connectivity index (χ3n) is 2.83. The number of H-pyrrole nitrogens is 1. The average molecular weight is 272 g/mol. The zero-order valence-corrected chi connectivity index (χ0v) is 10.2. The van der Waals surface area contributed by atoms with Crippen molar-refractivity contribution >= 4 is 21.8 Å². The summed E-state index contributed by atoms with van der Waals surface area (Å²) in [4.78, 5) is 14.0. The Bertz CT molecular complexity index is 363. The van der Waals surface area contributed by atoms with Gasteiger partial charge in [0.15, 0.2) is 5.69 Å². The molecule has 1 N–H and O–H groups in total. The van der Waals surface area contributed by atoms with E-state index in [0.717, 1.165) is 24.0 Å². The van der Waals surface area contributed by atoms with Crippen molar-refractivity contribution in [1.82, 2.24) is 15.1 Å². The van der Waals surface area contributed by atoms with E-state index in [2.05, 4.69) is 33.1 Å². The van der Waals surface area contributed by atoms with Gasteiger partial charge in [0.1, 0.15) is 4.60 Å². The Balaban J connectivity index is 2.13. The Labute approximate surface area is 97.2 Å². The monoisotopic (exact) mass is 271 g/mol. The molecule has 1 aliphatic heterocycles. The highest BCUT2D eigenvalue weighted by atomic mass is 79.9. The number of aromatic amines is 1. The summed E-state index contributed by atoms with van der Waals surface area (Å²) in [5.41, 5.74) is 0.496. The van der Waals surface area contributed by atoms with Gasteiger partial charge in [0.05, 0.1) is 0 Å². The number of piperidine rings is 1. The van der Waals surface area contributed by atoms with Crippen LogP contribution in [0.1, 0.15) is 36.7 Å². The van der Waals surface area contributed by atoms with Crippen LogP contribution in [0, 0.1) is 0 Å². The summed E-state index contributed by atoms with van der Waals surface area (Å²) in [6.07, 6.45) is 3.41. The van der Waals surface area contributed by atoms with Crippen molar-refractivity contribution in [2.75, 3.05) is 6.54 Å². The van der Waals surface area contributed by atoms with Gasteiger partial charge < -0.3 is 4.90 Å². The van der Waals surface area contributed by atoms with E-state index in [4.69, 9.17) is 0 Å². The summed E-state index contributed by atoms with van der Waals surface area (Å²) in [6, 6.07) is 2.06. The Hall–Kier alpha value is -0.840. The van der Waals surface area contributed by atoms with Gasteiger partial charge in [0.25, 0.3) is 5.91 Å². The van der Waals surface area contributed by atoms with E-state index in [1.54, 1.807) is 6.07 Å². The summed E-state index contributed by atoms with van der Waals surface area (Å²) >= 11 is 3.25. The fourth-order valence-electron chi connectivity index (χ4n) is 1.95. The summed E-state index contributed by atoms with van der Waals surface area (Å²) < 4.78 is 0.746. The van der Waals surface area contributed by atoms with E-state index in [1.165, 1.54) is 6.42 Å². The minimum absolute atomic E-state index is 0.0316. The molecule has 1 saturated heterocycles. The Morgan fingerprint density at radius 2 is 2.47 bits per heavy atom. The molecule has 0 saturated carbocycles. The molecule has 0 spiro atoms. The molecule has 2 rings (SSSR count). The molecule has 1 aliphatic rings. The zero-order chi connectivity index (χ0) is 10.8. The number of nitrogens with zero attached hydrogens (tertiary/aromatic N) is 2. The molecule has 4 nitrogen and oxygen atoms in total. The van der Waals surface area contributed by atoms with Crippen LogP contribution in [0.5, 0.6) is 0 Å². The minimum Gasteiger partial charge on any atom is -0.335 e. The first kappa shape index (κ1) is 10.7. The molecule has 5 heteroatoms. The van der Waals surface area contributed by atoms with E-state index in [9.17, 15) is 4.79 Å². The predicted octanol–water partition coefficient (Wildman–Crippen LogP) is 2.19. The SMILES string of the molecule is CC1CCCCN1C(=O)c1cc(Br)[nH]n1. The van der Waals surface area contributed by atoms with Crippen LogP contribution in [-0.2, 0) is 0 Å². The van der Waals surface area contributed by atoms with Crippen LogP contribution in [0.25, 0.3) is 0 Å². The minimum atomic E-state index is 0.0316. The second kappa shape index (κ2) is 4.35. The van der Waals surface area contributed by atoms with Crippen molar-refractivity contribution in [3.63, 3.8) is 0 Å². The van der Waals surface area contributed by atoms with Gasteiger partial charge >= 0.3 is 0 Å². The second-order valence-electron chi connectivity index (χ2n) is 3.94. The Morgan fingerprint density at radius 1 is 1.67 bits per heavy atom. The average Bonchev–Trinajstić information content (AvgIpc) is 2.65. The number of nitrogens with one attached hydrogen (secondary N) is 1. The Morgan fingerprint density at radius 3 is 3.07 bits per heavy atom. The van der Waals surface area contributed by atoms with Crippen LogP contribution >= 0.6 is 15.9 Å². The molecule has 82 valence electrons. The molecule has 0 bridgehead atoms. The van der Waals surface area contributed by atoms with E-state index in [-0.39, 0.29) is 5.91 Å². The molecule has 1 unspecified atom stereocenters. The van der Waals surface area contributed by atoms with Crippen LogP contribution in [0.2, 0.25) is 0 Å². The molecule has 0 aromatic carbocycles. The number of amides is 1. The first-order valence-electron chi connectivity index (χ1n) is 5.20. The number of rotatable bonds is 1. The van der Waals surface area contributed by atoms with Gasteiger partial charge in [-0.25, -0.2) is 0 Å². The van der Waals surface area contributed by atoms with Crippen LogP contribution in [0.3, 0.4) is 0 Å². The van der Waals surface area contributed by atoms with Gasteiger partial charge in [-0.1, -0.05) is 0 Å². The summed E-state index contributed by atoms with van der Waals surface area (Å²) in [5, 5.41) is 6.68. The molecule has 0 aliphatic carbocycles. The lowest BCUT2D eigenvalue weighted by molar-refractivity contribution is 0.0629. The second-order valence-corrected chi connectivity index (χ2v) is 4.80. The van der Waals surface area contributed by atoms with Crippen LogP contribution in [-0.4, -0.2) is 33.6 Å². The van der Waals surface area contributed by atoms with E-state index < -0.39 is 0 Å². The van der Waals surface area contributed by atoms with Crippen LogP contribution in [0.4, 0.5) is 0 Å². The molecule has 0 radical (unpaired) electrons. The molecule has 1 amide bonds. The lowest BCUT2D eigenvalue weighted by Gasteiger charge is -2.32. The van der Waals surface area contributed by atoms with Gasteiger partial charge in [-0.2, -0.15) is 5.10 Å². The van der Waals surface area contributed by atoms with Crippen molar-refractivity contribution in [2.24, 2.45) is 0 Å². The summed E-state index contributed by atoms with van der Waals surface area (Å²) in [6.45, 7) is 2.95. The lowest BCUT2D eigenvalue weighted by Crippen LogP contribution is -2.42. The van der Waals surface area contributed by atoms with E-state index in [1.807, 2.05) is 4.90 Å². The molecule has 1 fully saturated rings. The first-order chi connectivity index (χ1) is 7.18. The fourth-order valence-corrected chi connectivity index (χ4v) is 2.26. The van der Waals surface area contributed by atoms with E-state index >= 15 is 0 Å². The standard InChI is InChI=1S/C10H14BrN3O/c1-7-4-2-3-5-14(7)10(15)8-6-9(11)13-12-8/h6-7H,2-5H2,1H3,(H,12,13). The lowest BCUT2D eigenvalue weighted by atomic mass is 10.0. The molecular weight excluding hydrogens is 258 g/mol. The van der Waals surface area contributed by atoms with Crippen molar-refractivity contribution < 1.29 is 4.79 Å². The highest BCUT2D eigenvalue weighted by Gasteiger charge is 2.25. The van der Waals surface area contributed by atoms with E-state index in [0.29, 0.717) is 11.7 Å². The third kappa shape index (κ3) is 2.22. The number of carbonyl (C=O) groups is 1. The van der Waals surface area contributed by atoms with Crippen molar-refractivity contribution in [3.8, 4) is 0 Å². The normalized spacial score (nSPS) is 21.7. The number of halogens is 1. The molecule has 15 heavy (non-hydrogen) atoms. The summed E-state index contributed by atoms with van der Waals surface area (Å²) in [7, 11) is 0. The largest absolute Gasteiger partial charge is 0.335 e. The van der Waals surface area contributed by atoms with Gasteiger partial charge in [-0.3, -0.25) is 9.89 Å². The third-order valence-corrected chi connectivity index (χ3v) is 3.24. The predicted molar refractivity (Wildman–Crippen MR) is 60.6 cm³/mol. The molecule has 1 atom stereocenters. The maximum Gasteiger partial charge on any atom is 0.274 e. The quantitative estimate of drug-likeness (QED) is 0.851. The highest BCUT2D eigenvalue weighted by Crippen LogP contribution is 2.19. The van der Waals surface area contributed by atoms with Crippen molar-refractivity contribution in [1.29, 1.82) is 0 Å². The molecule has 2 heterocycles. The number of likely N-dealkylation sites (tertiary alicyclic amines) is 1. The number of carbonyl (C=O) groups excluding carboxylic acids is 1. The maximum atomic E-state index is 12.0. The molecule has 1 aromatic heterocycles. The van der Waals surface area contributed by atoms with Gasteiger partial charge in [0.2, 0.25) is 0 Å². The van der Waals surface area contributed by atoms with Crippen LogP contribution in [0.15, 0.2) is 10.7 Å². The first-order valence-corrected chi connectivity index (χ1v) is 5.99. The maximum absolute atomic E-state index is 12.0. The zero-order valence-electron chi connectivity index (χ0n) is 8.66. The number of aromatic nitrogens is 2. The van der Waals surface area contributed by atoms with Gasteiger partial charge in [-0.05, 0) is 42.1 Å². The fraction of sp³-hybridized carbons (Fsp3) is 0.600. The van der Waals surface area contributed by atoms with Gasteiger partial charge in [0, 0.05) is 18.7 Å². The molecule has 1 aromatic rings. The van der Waals surface area contributed by atoms with Crippen molar-refractivity contribution in [2.45, 2.75) is 32.2 Å². The highest BCUT2D eigenvalue weighted by molar-refractivity contribution is 9.10. The Kier molecular flexibility index (Phi) is 3.09. The topological polar surface area (TPSA) is 49.0 Å². The van der Waals surface area contributed by atoms with Crippen molar-refractivity contribution in [3.05, 3.63) is 16.4 Å². The van der Waals surface area contributed by atoms with Gasteiger partial charge in [-0.15, -0.1) is 0 Å². The number of hydrogen-bond acceptors (Lipinski definition) is 2.